The first-order valence-corrected chi connectivity index (χ1v) is 10.8. The highest BCUT2D eigenvalue weighted by Crippen LogP contribution is 2.20. The maximum atomic E-state index is 12.7. The SMILES string of the molecule is COc1ccc(S(=O)(=O)NC2CCN(C(=O)c3ccc(C)c(C)c3)CC2)cc1. The van der Waals surface area contributed by atoms with E-state index in [9.17, 15) is 13.2 Å². The van der Waals surface area contributed by atoms with Gasteiger partial charge in [-0.05, 0) is 74.2 Å². The molecule has 1 heterocycles. The summed E-state index contributed by atoms with van der Waals surface area (Å²) in [5.74, 6) is 0.608. The zero-order valence-electron chi connectivity index (χ0n) is 16.4. The van der Waals surface area contributed by atoms with Gasteiger partial charge in [0, 0.05) is 24.7 Å². The highest BCUT2D eigenvalue weighted by Gasteiger charge is 2.27. The molecule has 0 atom stereocenters. The number of hydrogen-bond acceptors (Lipinski definition) is 4. The summed E-state index contributed by atoms with van der Waals surface area (Å²) >= 11 is 0. The maximum absolute atomic E-state index is 12.7. The van der Waals surface area contributed by atoms with Crippen LogP contribution in [0, 0.1) is 13.8 Å². The van der Waals surface area contributed by atoms with Crippen molar-refractivity contribution in [2.24, 2.45) is 0 Å². The van der Waals surface area contributed by atoms with Crippen LogP contribution in [-0.4, -0.2) is 45.5 Å². The lowest BCUT2D eigenvalue weighted by molar-refractivity contribution is 0.0711. The van der Waals surface area contributed by atoms with E-state index in [1.54, 1.807) is 17.0 Å². The predicted molar refractivity (Wildman–Crippen MR) is 108 cm³/mol. The number of nitrogens with one attached hydrogen (secondary N) is 1. The third-order valence-corrected chi connectivity index (χ3v) is 6.76. The van der Waals surface area contributed by atoms with Crippen LogP contribution in [0.2, 0.25) is 0 Å². The quantitative estimate of drug-likeness (QED) is 0.834. The van der Waals surface area contributed by atoms with Crippen molar-refractivity contribution < 1.29 is 17.9 Å². The summed E-state index contributed by atoms with van der Waals surface area (Å²) in [5.41, 5.74) is 2.93. The third kappa shape index (κ3) is 4.54. The number of amides is 1. The van der Waals surface area contributed by atoms with Crippen molar-refractivity contribution >= 4 is 15.9 Å². The van der Waals surface area contributed by atoms with Gasteiger partial charge in [0.2, 0.25) is 10.0 Å². The predicted octanol–water partition coefficient (Wildman–Crippen LogP) is 2.90. The molecule has 6 nitrogen and oxygen atoms in total. The minimum atomic E-state index is -3.59. The average molecular weight is 403 g/mol. The lowest BCUT2D eigenvalue weighted by atomic mass is 10.0. The summed E-state index contributed by atoms with van der Waals surface area (Å²) in [6, 6.07) is 11.8. The van der Waals surface area contributed by atoms with Crippen LogP contribution < -0.4 is 9.46 Å². The molecular formula is C21H26N2O4S. The molecular weight excluding hydrogens is 376 g/mol. The van der Waals surface area contributed by atoms with Crippen molar-refractivity contribution in [3.63, 3.8) is 0 Å². The topological polar surface area (TPSA) is 75.7 Å². The number of carbonyl (C=O) groups excluding carboxylic acids is 1. The van der Waals surface area contributed by atoms with Crippen LogP contribution in [0.3, 0.4) is 0 Å². The van der Waals surface area contributed by atoms with Gasteiger partial charge < -0.3 is 9.64 Å². The van der Waals surface area contributed by atoms with E-state index >= 15 is 0 Å². The molecule has 2 aromatic rings. The van der Waals surface area contributed by atoms with E-state index in [2.05, 4.69) is 4.72 Å². The molecule has 7 heteroatoms. The van der Waals surface area contributed by atoms with Gasteiger partial charge >= 0.3 is 0 Å². The molecule has 0 aromatic heterocycles. The zero-order chi connectivity index (χ0) is 20.3. The molecule has 0 bridgehead atoms. The number of methoxy groups -OCH3 is 1. The van der Waals surface area contributed by atoms with E-state index in [4.69, 9.17) is 4.74 Å². The minimum absolute atomic E-state index is 0.000406. The van der Waals surface area contributed by atoms with Gasteiger partial charge in [-0.2, -0.15) is 0 Å². The number of likely N-dealkylation sites (tertiary alicyclic amines) is 1. The second-order valence-electron chi connectivity index (χ2n) is 7.16. The fraction of sp³-hybridized carbons (Fsp3) is 0.381. The van der Waals surface area contributed by atoms with Gasteiger partial charge in [0.25, 0.3) is 5.91 Å². The van der Waals surface area contributed by atoms with Crippen molar-refractivity contribution in [3.05, 3.63) is 59.2 Å². The molecule has 1 aliphatic heterocycles. The Kier molecular flexibility index (Phi) is 6.05. The molecule has 0 unspecified atom stereocenters. The Bertz CT molecular complexity index is 947. The highest BCUT2D eigenvalue weighted by atomic mass is 32.2. The summed E-state index contributed by atoms with van der Waals surface area (Å²) in [6.07, 6.45) is 1.18. The Hall–Kier alpha value is -2.38. The first-order valence-electron chi connectivity index (χ1n) is 9.33. The zero-order valence-corrected chi connectivity index (χ0v) is 17.3. The van der Waals surface area contributed by atoms with E-state index in [-0.39, 0.29) is 16.8 Å². The average Bonchev–Trinajstić information content (AvgIpc) is 2.70. The fourth-order valence-electron chi connectivity index (χ4n) is 3.30. The summed E-state index contributed by atoms with van der Waals surface area (Å²) < 4.78 is 33.0. The summed E-state index contributed by atoms with van der Waals surface area (Å²) in [7, 11) is -2.06. The van der Waals surface area contributed by atoms with E-state index in [1.165, 1.54) is 19.2 Å². The molecule has 150 valence electrons. The van der Waals surface area contributed by atoms with Crippen LogP contribution >= 0.6 is 0 Å². The van der Waals surface area contributed by atoms with Gasteiger partial charge in [-0.15, -0.1) is 0 Å². The first kappa shape index (κ1) is 20.4. The smallest absolute Gasteiger partial charge is 0.253 e. The number of benzene rings is 2. The Balaban J connectivity index is 1.60. The molecule has 28 heavy (non-hydrogen) atoms. The molecule has 1 amide bonds. The molecule has 1 saturated heterocycles. The molecule has 0 radical (unpaired) electrons. The fourth-order valence-corrected chi connectivity index (χ4v) is 4.60. The molecule has 1 fully saturated rings. The second-order valence-corrected chi connectivity index (χ2v) is 8.88. The Morgan fingerprint density at radius 3 is 2.25 bits per heavy atom. The molecule has 3 rings (SSSR count). The number of sulfonamides is 1. The number of rotatable bonds is 5. The second kappa shape index (κ2) is 8.32. The van der Waals surface area contributed by atoms with Crippen LogP contribution in [0.1, 0.15) is 34.3 Å². The highest BCUT2D eigenvalue weighted by molar-refractivity contribution is 7.89. The van der Waals surface area contributed by atoms with Crippen LogP contribution in [0.5, 0.6) is 5.75 Å². The number of nitrogens with zero attached hydrogens (tertiary/aromatic N) is 1. The van der Waals surface area contributed by atoms with Crippen molar-refractivity contribution in [2.75, 3.05) is 20.2 Å². The van der Waals surface area contributed by atoms with E-state index in [1.807, 2.05) is 32.0 Å². The number of carbonyl (C=O) groups is 1. The molecule has 2 aromatic carbocycles. The van der Waals surface area contributed by atoms with Gasteiger partial charge in [-0.25, -0.2) is 13.1 Å². The van der Waals surface area contributed by atoms with Crippen molar-refractivity contribution in [1.29, 1.82) is 0 Å². The van der Waals surface area contributed by atoms with Crippen molar-refractivity contribution in [3.8, 4) is 5.75 Å². The summed E-state index contributed by atoms with van der Waals surface area (Å²) in [5, 5.41) is 0. The van der Waals surface area contributed by atoms with Crippen molar-refractivity contribution in [2.45, 2.75) is 37.6 Å². The molecule has 1 aliphatic rings. The van der Waals surface area contributed by atoms with Gasteiger partial charge in [-0.1, -0.05) is 6.07 Å². The normalized spacial score (nSPS) is 15.5. The third-order valence-electron chi connectivity index (χ3n) is 5.23. The summed E-state index contributed by atoms with van der Waals surface area (Å²) in [4.78, 5) is 14.7. The van der Waals surface area contributed by atoms with E-state index < -0.39 is 10.0 Å². The number of piperidine rings is 1. The molecule has 0 aliphatic carbocycles. The van der Waals surface area contributed by atoms with Crippen LogP contribution in [0.4, 0.5) is 0 Å². The Labute approximate surface area is 166 Å². The number of hydrogen-bond donors (Lipinski definition) is 1. The van der Waals surface area contributed by atoms with Gasteiger partial charge in [0.05, 0.1) is 12.0 Å². The largest absolute Gasteiger partial charge is 0.497 e. The molecule has 0 saturated carbocycles. The minimum Gasteiger partial charge on any atom is -0.497 e. The van der Waals surface area contributed by atoms with Gasteiger partial charge in [0.1, 0.15) is 5.75 Å². The van der Waals surface area contributed by atoms with Crippen molar-refractivity contribution in [1.82, 2.24) is 9.62 Å². The lowest BCUT2D eigenvalue weighted by Crippen LogP contribution is -2.46. The Morgan fingerprint density at radius 2 is 1.68 bits per heavy atom. The number of aryl methyl sites for hydroxylation is 2. The van der Waals surface area contributed by atoms with Gasteiger partial charge in [-0.3, -0.25) is 4.79 Å². The maximum Gasteiger partial charge on any atom is 0.253 e. The molecule has 1 N–H and O–H groups in total. The Morgan fingerprint density at radius 1 is 1.04 bits per heavy atom. The van der Waals surface area contributed by atoms with E-state index in [0.29, 0.717) is 37.2 Å². The van der Waals surface area contributed by atoms with Gasteiger partial charge in [0.15, 0.2) is 0 Å². The lowest BCUT2D eigenvalue weighted by Gasteiger charge is -2.32. The monoisotopic (exact) mass is 402 g/mol. The number of ether oxygens (including phenoxy) is 1. The summed E-state index contributed by atoms with van der Waals surface area (Å²) in [6.45, 7) is 5.07. The van der Waals surface area contributed by atoms with Crippen LogP contribution in [0.15, 0.2) is 47.4 Å². The standard InChI is InChI=1S/C21H26N2O4S/c1-15-4-5-17(14-16(15)2)21(24)23-12-10-18(11-13-23)22-28(25,26)20-8-6-19(27-3)7-9-20/h4-9,14,18,22H,10-13H2,1-3H3. The first-order chi connectivity index (χ1) is 13.3. The van der Waals surface area contributed by atoms with E-state index in [0.717, 1.165) is 11.1 Å². The van der Waals surface area contributed by atoms with Crippen LogP contribution in [-0.2, 0) is 10.0 Å². The van der Waals surface area contributed by atoms with Crippen LogP contribution in [0.25, 0.3) is 0 Å². The molecule has 0 spiro atoms.